The van der Waals surface area contributed by atoms with Gasteiger partial charge >= 0.3 is 0 Å². The number of pyridine rings is 1. The van der Waals surface area contributed by atoms with E-state index in [0.717, 1.165) is 55.3 Å². The molecule has 132 valence electrons. The fraction of sp³-hybridized carbons (Fsp3) is 0.474. The summed E-state index contributed by atoms with van der Waals surface area (Å²) in [6.45, 7) is 3.01. The van der Waals surface area contributed by atoms with E-state index in [-0.39, 0.29) is 11.9 Å². The topological polar surface area (TPSA) is 62.5 Å². The van der Waals surface area contributed by atoms with Gasteiger partial charge in [-0.05, 0) is 56.5 Å². The molecule has 1 amide bonds. The van der Waals surface area contributed by atoms with E-state index in [1.807, 2.05) is 6.20 Å². The molecule has 2 aliphatic heterocycles. The standard InChI is InChI=1S/C19H23BrN4O/c20-13-3-4-15-16(12-13)22-8-5-17(15)23-10-6-14(7-11-23)24-9-1-2-18(24)19(21)25/h3-5,8,12,14,18H,1-2,6-7,9-11H2,(H2,21,25). The van der Waals surface area contributed by atoms with Gasteiger partial charge in [0.2, 0.25) is 5.91 Å². The van der Waals surface area contributed by atoms with Gasteiger partial charge in [0.05, 0.1) is 11.6 Å². The number of rotatable bonds is 3. The lowest BCUT2D eigenvalue weighted by Gasteiger charge is -2.39. The molecule has 5 nitrogen and oxygen atoms in total. The normalized spacial score (nSPS) is 22.6. The molecular formula is C19H23BrN4O. The highest BCUT2D eigenvalue weighted by Gasteiger charge is 2.35. The van der Waals surface area contributed by atoms with Crippen molar-refractivity contribution >= 4 is 38.4 Å². The fourth-order valence-electron chi connectivity index (χ4n) is 4.35. The molecular weight excluding hydrogens is 380 g/mol. The van der Waals surface area contributed by atoms with Crippen molar-refractivity contribution in [3.8, 4) is 0 Å². The van der Waals surface area contributed by atoms with Crippen LogP contribution in [0.4, 0.5) is 5.69 Å². The van der Waals surface area contributed by atoms with Gasteiger partial charge in [0.25, 0.3) is 0 Å². The Bertz CT molecular complexity index is 788. The Labute approximate surface area is 156 Å². The molecule has 0 bridgehead atoms. The van der Waals surface area contributed by atoms with E-state index in [4.69, 9.17) is 5.73 Å². The van der Waals surface area contributed by atoms with Gasteiger partial charge in [-0.2, -0.15) is 0 Å². The molecule has 1 aromatic heterocycles. The average Bonchev–Trinajstić information content (AvgIpc) is 3.11. The van der Waals surface area contributed by atoms with Crippen LogP contribution in [0.5, 0.6) is 0 Å². The maximum Gasteiger partial charge on any atom is 0.234 e. The van der Waals surface area contributed by atoms with Crippen molar-refractivity contribution in [2.45, 2.75) is 37.8 Å². The second kappa shape index (κ2) is 6.92. The summed E-state index contributed by atoms with van der Waals surface area (Å²) in [6, 6.07) is 8.79. The fourth-order valence-corrected chi connectivity index (χ4v) is 4.70. The van der Waals surface area contributed by atoms with Gasteiger partial charge in [0.1, 0.15) is 0 Å². The number of hydrogen-bond donors (Lipinski definition) is 1. The van der Waals surface area contributed by atoms with Gasteiger partial charge in [-0.1, -0.05) is 15.9 Å². The van der Waals surface area contributed by atoms with E-state index in [2.05, 4.69) is 55.0 Å². The van der Waals surface area contributed by atoms with E-state index in [1.54, 1.807) is 0 Å². The van der Waals surface area contributed by atoms with Crippen molar-refractivity contribution < 1.29 is 4.79 Å². The molecule has 2 fully saturated rings. The third kappa shape index (κ3) is 3.25. The van der Waals surface area contributed by atoms with Crippen LogP contribution in [0.25, 0.3) is 10.9 Å². The monoisotopic (exact) mass is 402 g/mol. The summed E-state index contributed by atoms with van der Waals surface area (Å²) < 4.78 is 1.05. The maximum absolute atomic E-state index is 11.7. The molecule has 0 saturated carbocycles. The third-order valence-electron chi connectivity index (χ3n) is 5.58. The number of anilines is 1. The number of carbonyl (C=O) groups is 1. The zero-order valence-corrected chi connectivity index (χ0v) is 15.8. The number of nitrogens with zero attached hydrogens (tertiary/aromatic N) is 3. The molecule has 6 heteroatoms. The Morgan fingerprint density at radius 2 is 1.96 bits per heavy atom. The van der Waals surface area contributed by atoms with E-state index in [9.17, 15) is 4.79 Å². The number of likely N-dealkylation sites (tertiary alicyclic amines) is 1. The average molecular weight is 403 g/mol. The molecule has 25 heavy (non-hydrogen) atoms. The number of benzene rings is 1. The highest BCUT2D eigenvalue weighted by atomic mass is 79.9. The SMILES string of the molecule is NC(=O)C1CCCN1C1CCN(c2ccnc3cc(Br)ccc23)CC1. The van der Waals surface area contributed by atoms with Crippen LogP contribution in [0, 0.1) is 0 Å². The summed E-state index contributed by atoms with van der Waals surface area (Å²) in [5, 5.41) is 1.19. The lowest BCUT2D eigenvalue weighted by atomic mass is 10.0. The first kappa shape index (κ1) is 16.8. The van der Waals surface area contributed by atoms with Crippen LogP contribution in [0.15, 0.2) is 34.9 Å². The molecule has 3 heterocycles. The lowest BCUT2D eigenvalue weighted by molar-refractivity contribution is -0.123. The van der Waals surface area contributed by atoms with Crippen LogP contribution in [0.2, 0.25) is 0 Å². The lowest BCUT2D eigenvalue weighted by Crippen LogP contribution is -2.50. The second-order valence-electron chi connectivity index (χ2n) is 7.01. The molecule has 0 radical (unpaired) electrons. The second-order valence-corrected chi connectivity index (χ2v) is 7.92. The highest BCUT2D eigenvalue weighted by Crippen LogP contribution is 2.32. The number of amides is 1. The Morgan fingerprint density at radius 3 is 2.72 bits per heavy atom. The molecule has 2 aromatic rings. The van der Waals surface area contributed by atoms with Gasteiger partial charge in [0.15, 0.2) is 0 Å². The molecule has 1 aromatic carbocycles. The zero-order valence-electron chi connectivity index (χ0n) is 14.2. The van der Waals surface area contributed by atoms with E-state index in [0.29, 0.717) is 6.04 Å². The first-order chi connectivity index (χ1) is 12.1. The number of primary amides is 1. The summed E-state index contributed by atoms with van der Waals surface area (Å²) in [5.74, 6) is -0.161. The van der Waals surface area contributed by atoms with E-state index < -0.39 is 0 Å². The Kier molecular flexibility index (Phi) is 4.65. The predicted molar refractivity (Wildman–Crippen MR) is 104 cm³/mol. The first-order valence-corrected chi connectivity index (χ1v) is 9.77. The Balaban J connectivity index is 1.50. The molecule has 1 unspecified atom stereocenters. The number of aromatic nitrogens is 1. The quantitative estimate of drug-likeness (QED) is 0.856. The summed E-state index contributed by atoms with van der Waals surface area (Å²) >= 11 is 3.52. The first-order valence-electron chi connectivity index (χ1n) is 8.98. The number of fused-ring (bicyclic) bond motifs is 1. The van der Waals surface area contributed by atoms with Crippen molar-refractivity contribution in [3.63, 3.8) is 0 Å². The predicted octanol–water partition coefficient (Wildman–Crippen LogP) is 2.92. The molecule has 2 aliphatic rings. The molecule has 1 atom stereocenters. The summed E-state index contributed by atoms with van der Waals surface area (Å²) in [7, 11) is 0. The molecule has 0 aliphatic carbocycles. The van der Waals surface area contributed by atoms with Gasteiger partial charge < -0.3 is 10.6 Å². The van der Waals surface area contributed by atoms with Crippen molar-refractivity contribution in [1.82, 2.24) is 9.88 Å². The minimum Gasteiger partial charge on any atom is -0.371 e. The van der Waals surface area contributed by atoms with Gasteiger partial charge in [-0.25, -0.2) is 0 Å². The van der Waals surface area contributed by atoms with Crippen LogP contribution in [0.3, 0.4) is 0 Å². The highest BCUT2D eigenvalue weighted by molar-refractivity contribution is 9.10. The minimum atomic E-state index is -0.161. The number of hydrogen-bond acceptors (Lipinski definition) is 4. The van der Waals surface area contributed by atoms with E-state index >= 15 is 0 Å². The van der Waals surface area contributed by atoms with Crippen LogP contribution >= 0.6 is 15.9 Å². The van der Waals surface area contributed by atoms with Crippen molar-refractivity contribution in [2.75, 3.05) is 24.5 Å². The minimum absolute atomic E-state index is 0.0596. The number of piperidine rings is 1. The smallest absolute Gasteiger partial charge is 0.234 e. The van der Waals surface area contributed by atoms with Gasteiger partial charge in [0, 0.05) is 40.9 Å². The molecule has 4 rings (SSSR count). The van der Waals surface area contributed by atoms with Gasteiger partial charge in [-0.3, -0.25) is 14.7 Å². The zero-order chi connectivity index (χ0) is 17.4. The Morgan fingerprint density at radius 1 is 1.16 bits per heavy atom. The largest absolute Gasteiger partial charge is 0.371 e. The number of carbonyl (C=O) groups excluding carboxylic acids is 1. The maximum atomic E-state index is 11.7. The van der Waals surface area contributed by atoms with Crippen LogP contribution in [-0.4, -0.2) is 47.5 Å². The molecule has 0 spiro atoms. The van der Waals surface area contributed by atoms with Crippen LogP contribution in [-0.2, 0) is 4.79 Å². The van der Waals surface area contributed by atoms with Gasteiger partial charge in [-0.15, -0.1) is 0 Å². The summed E-state index contributed by atoms with van der Waals surface area (Å²) in [5.41, 5.74) is 7.86. The number of nitrogens with two attached hydrogens (primary N) is 1. The molecule has 2 saturated heterocycles. The van der Waals surface area contributed by atoms with Crippen molar-refractivity contribution in [3.05, 3.63) is 34.9 Å². The third-order valence-corrected chi connectivity index (χ3v) is 6.07. The van der Waals surface area contributed by atoms with Crippen LogP contribution < -0.4 is 10.6 Å². The van der Waals surface area contributed by atoms with Crippen molar-refractivity contribution in [2.24, 2.45) is 5.73 Å². The van der Waals surface area contributed by atoms with Crippen LogP contribution in [0.1, 0.15) is 25.7 Å². The summed E-state index contributed by atoms with van der Waals surface area (Å²) in [4.78, 5) is 21.0. The Hall–Kier alpha value is -1.66. The number of halogens is 1. The summed E-state index contributed by atoms with van der Waals surface area (Å²) in [6.07, 6.45) is 6.03. The van der Waals surface area contributed by atoms with E-state index in [1.165, 1.54) is 11.1 Å². The van der Waals surface area contributed by atoms with Crippen molar-refractivity contribution in [1.29, 1.82) is 0 Å². The molecule has 2 N–H and O–H groups in total.